The van der Waals surface area contributed by atoms with Gasteiger partial charge in [-0.25, -0.2) is 0 Å². The molecule has 5 heterocycles. The maximum atomic E-state index is 11.3. The average molecular weight is 520 g/mol. The maximum absolute atomic E-state index is 11.3. The smallest absolute Gasteiger partial charge is 0.269 e. The van der Waals surface area contributed by atoms with Crippen LogP contribution < -0.4 is 0 Å². The number of H-pyrrole nitrogens is 3. The van der Waals surface area contributed by atoms with Crippen LogP contribution in [-0.4, -0.2) is 25.6 Å². The molecule has 3 N–H and O–H groups in total. The SMILES string of the molecule is CC1(C)C2=N/C(=C(/c3ccc([N+](=O)[O-])cc3)c3ccc([nH]3)C(C)(C)c3ccc([nH]3)C(C)(C)c3ccc1[nH]3)C=C2. The minimum atomic E-state index is -0.374. The third kappa shape index (κ3) is 3.83. The molecule has 4 aromatic rings. The van der Waals surface area contributed by atoms with Crippen LogP contribution in [0.25, 0.3) is 5.57 Å². The Morgan fingerprint density at radius 1 is 0.641 bits per heavy atom. The molecule has 0 saturated carbocycles. The Morgan fingerprint density at radius 2 is 1.13 bits per heavy atom. The largest absolute Gasteiger partial charge is 0.361 e. The Labute approximate surface area is 227 Å². The summed E-state index contributed by atoms with van der Waals surface area (Å²) in [5.74, 6) is 0. The van der Waals surface area contributed by atoms with Gasteiger partial charge in [0.1, 0.15) is 0 Å². The van der Waals surface area contributed by atoms with Gasteiger partial charge < -0.3 is 15.0 Å². The zero-order valence-electron chi connectivity index (χ0n) is 23.1. The molecule has 39 heavy (non-hydrogen) atoms. The van der Waals surface area contributed by atoms with Crippen molar-refractivity contribution in [2.24, 2.45) is 4.99 Å². The molecule has 1 aromatic carbocycles. The van der Waals surface area contributed by atoms with Gasteiger partial charge in [0.2, 0.25) is 0 Å². The van der Waals surface area contributed by atoms with Gasteiger partial charge in [-0.05, 0) is 108 Å². The number of allylic oxidation sites excluding steroid dienone is 2. The Hall–Kier alpha value is -4.39. The fourth-order valence-electron chi connectivity index (χ4n) is 5.62. The van der Waals surface area contributed by atoms with Crippen LogP contribution >= 0.6 is 0 Å². The Balaban J connectivity index is 1.61. The quantitative estimate of drug-likeness (QED) is 0.191. The van der Waals surface area contributed by atoms with E-state index in [1.807, 2.05) is 6.08 Å². The van der Waals surface area contributed by atoms with E-state index in [0.29, 0.717) is 0 Å². The molecule has 0 aliphatic carbocycles. The minimum absolute atomic E-state index is 0.0613. The van der Waals surface area contributed by atoms with E-state index in [4.69, 9.17) is 4.99 Å². The van der Waals surface area contributed by atoms with E-state index in [2.05, 4.69) is 99.0 Å². The highest BCUT2D eigenvalue weighted by atomic mass is 16.6. The van der Waals surface area contributed by atoms with E-state index in [-0.39, 0.29) is 26.9 Å². The van der Waals surface area contributed by atoms with Gasteiger partial charge in [0.15, 0.2) is 0 Å². The molecule has 7 heteroatoms. The van der Waals surface area contributed by atoms with Crippen molar-refractivity contribution < 1.29 is 4.92 Å². The van der Waals surface area contributed by atoms with Crippen molar-refractivity contribution >= 4 is 17.0 Å². The highest BCUT2D eigenvalue weighted by molar-refractivity contribution is 6.07. The van der Waals surface area contributed by atoms with Crippen LogP contribution in [0.5, 0.6) is 0 Å². The lowest BCUT2D eigenvalue weighted by atomic mass is 9.84. The first-order valence-corrected chi connectivity index (χ1v) is 13.3. The van der Waals surface area contributed by atoms with Gasteiger partial charge in [0.05, 0.1) is 16.3 Å². The third-order valence-corrected chi connectivity index (χ3v) is 8.60. The van der Waals surface area contributed by atoms with Gasteiger partial charge in [0.25, 0.3) is 5.69 Å². The Morgan fingerprint density at radius 3 is 1.67 bits per heavy atom. The second-order valence-electron chi connectivity index (χ2n) is 12.1. The van der Waals surface area contributed by atoms with Crippen molar-refractivity contribution in [2.75, 3.05) is 0 Å². The van der Waals surface area contributed by atoms with E-state index in [0.717, 1.165) is 56.7 Å². The highest BCUT2D eigenvalue weighted by Crippen LogP contribution is 2.40. The summed E-state index contributed by atoms with van der Waals surface area (Å²) in [6.07, 6.45) is 4.12. The number of non-ortho nitro benzene ring substituents is 1. The number of fused-ring (bicyclic) bond motifs is 7. The van der Waals surface area contributed by atoms with Crippen LogP contribution in [0.3, 0.4) is 0 Å². The molecule has 0 unspecified atom stereocenters. The predicted molar refractivity (Wildman–Crippen MR) is 155 cm³/mol. The first-order chi connectivity index (χ1) is 18.4. The first-order valence-electron chi connectivity index (χ1n) is 13.3. The van der Waals surface area contributed by atoms with Crippen LogP contribution in [0.1, 0.15) is 81.3 Å². The van der Waals surface area contributed by atoms with Crippen LogP contribution in [-0.2, 0) is 16.2 Å². The molecule has 6 rings (SSSR count). The van der Waals surface area contributed by atoms with Crippen LogP contribution in [0.2, 0.25) is 0 Å². The monoisotopic (exact) mass is 519 g/mol. The summed E-state index contributed by atoms with van der Waals surface area (Å²) in [4.78, 5) is 27.2. The summed E-state index contributed by atoms with van der Waals surface area (Å²) in [5, 5.41) is 11.3. The number of aromatic amines is 3. The molecule has 0 radical (unpaired) electrons. The van der Waals surface area contributed by atoms with Crippen molar-refractivity contribution in [1.29, 1.82) is 0 Å². The summed E-state index contributed by atoms with van der Waals surface area (Å²) < 4.78 is 0. The van der Waals surface area contributed by atoms with Crippen LogP contribution in [0, 0.1) is 10.1 Å². The fraction of sp³-hybridized carbons (Fsp3) is 0.281. The molecule has 8 bridgehead atoms. The summed E-state index contributed by atoms with van der Waals surface area (Å²) in [5.41, 5.74) is 9.11. The first kappa shape index (κ1) is 24.9. The number of nitrogens with zero attached hydrogens (tertiary/aromatic N) is 2. The molecule has 0 saturated heterocycles. The van der Waals surface area contributed by atoms with Gasteiger partial charge in [-0.15, -0.1) is 0 Å². The van der Waals surface area contributed by atoms with Crippen molar-refractivity contribution in [3.05, 3.63) is 128 Å². The van der Waals surface area contributed by atoms with Crippen molar-refractivity contribution in [1.82, 2.24) is 15.0 Å². The summed E-state index contributed by atoms with van der Waals surface area (Å²) in [6, 6.07) is 19.6. The maximum Gasteiger partial charge on any atom is 0.269 e. The standard InChI is InChI=1S/C32H33N5O2/c1-30(2)23-13-11-21(33-23)29(19-7-9-20(10-8-19)37(38)39)22-12-14-24(34-22)31(3,4)26-16-18-28(36-26)32(5,6)27-17-15-25(30)35-27/h7-18,33,35-36H,1-6H3/b29-22-. The molecule has 198 valence electrons. The lowest BCUT2D eigenvalue weighted by Gasteiger charge is -2.27. The number of hydrogen-bond donors (Lipinski definition) is 3. The van der Waals surface area contributed by atoms with E-state index in [9.17, 15) is 10.1 Å². The molecule has 2 aliphatic heterocycles. The van der Waals surface area contributed by atoms with Crippen molar-refractivity contribution in [3.8, 4) is 0 Å². The number of aliphatic imine (C=N–C) groups is 1. The number of nitrogens with one attached hydrogen (secondary N) is 3. The molecule has 7 nitrogen and oxygen atoms in total. The number of aromatic nitrogens is 3. The van der Waals surface area contributed by atoms with E-state index in [1.54, 1.807) is 24.3 Å². The zero-order chi connectivity index (χ0) is 27.7. The molecule has 0 atom stereocenters. The second-order valence-corrected chi connectivity index (χ2v) is 12.1. The van der Waals surface area contributed by atoms with Gasteiger partial charge in [-0.3, -0.25) is 15.1 Å². The van der Waals surface area contributed by atoms with Crippen LogP contribution in [0.4, 0.5) is 5.69 Å². The molecule has 3 aromatic heterocycles. The molecular weight excluding hydrogens is 486 g/mol. The zero-order valence-corrected chi connectivity index (χ0v) is 23.1. The van der Waals surface area contributed by atoms with Gasteiger partial charge >= 0.3 is 0 Å². The topological polar surface area (TPSA) is 103 Å². The number of nitro benzene ring substituents is 1. The summed E-state index contributed by atoms with van der Waals surface area (Å²) >= 11 is 0. The predicted octanol–water partition coefficient (Wildman–Crippen LogP) is 7.29. The number of nitro groups is 1. The molecule has 0 fully saturated rings. The lowest BCUT2D eigenvalue weighted by molar-refractivity contribution is -0.384. The highest BCUT2D eigenvalue weighted by Gasteiger charge is 2.35. The third-order valence-electron chi connectivity index (χ3n) is 8.60. The van der Waals surface area contributed by atoms with Crippen molar-refractivity contribution in [2.45, 2.75) is 57.8 Å². The van der Waals surface area contributed by atoms with E-state index >= 15 is 0 Å². The van der Waals surface area contributed by atoms with Gasteiger partial charge in [0, 0.05) is 68.1 Å². The van der Waals surface area contributed by atoms with E-state index in [1.165, 1.54) is 0 Å². The Kier molecular flexibility index (Phi) is 5.31. The number of benzene rings is 1. The van der Waals surface area contributed by atoms with Gasteiger partial charge in [-0.1, -0.05) is 0 Å². The Bertz CT molecular complexity index is 1700. The lowest BCUT2D eigenvalue weighted by Crippen LogP contribution is -2.28. The molecule has 0 amide bonds. The molecular formula is C32H33N5O2. The number of rotatable bonds is 2. The molecule has 0 spiro atoms. The fourth-order valence-corrected chi connectivity index (χ4v) is 5.62. The van der Waals surface area contributed by atoms with Crippen molar-refractivity contribution in [3.63, 3.8) is 0 Å². The normalized spacial score (nSPS) is 20.6. The minimum Gasteiger partial charge on any atom is -0.361 e. The van der Waals surface area contributed by atoms with E-state index < -0.39 is 0 Å². The number of hydrogen-bond acceptors (Lipinski definition) is 3. The summed E-state index contributed by atoms with van der Waals surface area (Å²) in [7, 11) is 0. The molecule has 2 aliphatic rings. The van der Waals surface area contributed by atoms with Gasteiger partial charge in [-0.2, -0.15) is 0 Å². The average Bonchev–Trinajstić information content (AvgIpc) is 3.70. The van der Waals surface area contributed by atoms with Crippen LogP contribution in [0.15, 0.2) is 83.5 Å². The summed E-state index contributed by atoms with van der Waals surface area (Å²) in [6.45, 7) is 13.2. The second kappa shape index (κ2) is 8.30.